The fraction of sp³-hybridized carbons (Fsp3) is 0.615. The molecule has 1 fully saturated rings. The molecular weight excluding hydrogens is 260 g/mol. The standard InChI is InChI=1S/C13H18N4OS/c1-8-9(2)19-11(15-8)6-7-14-13-17-16-12(18-13)10-4-3-5-10/h10H,3-7H2,1-2H3,(H,14,17). The third kappa shape index (κ3) is 2.78. The largest absolute Gasteiger partial charge is 0.408 e. The van der Waals surface area contributed by atoms with Crippen molar-refractivity contribution < 1.29 is 4.42 Å². The quantitative estimate of drug-likeness (QED) is 0.910. The molecule has 1 N–H and O–H groups in total. The molecule has 1 saturated carbocycles. The molecule has 6 heteroatoms. The van der Waals surface area contributed by atoms with Crippen molar-refractivity contribution in [1.82, 2.24) is 15.2 Å². The van der Waals surface area contributed by atoms with Crippen molar-refractivity contribution in [2.24, 2.45) is 0 Å². The number of aryl methyl sites for hydroxylation is 2. The van der Waals surface area contributed by atoms with E-state index >= 15 is 0 Å². The van der Waals surface area contributed by atoms with Crippen LogP contribution < -0.4 is 5.32 Å². The Morgan fingerprint density at radius 2 is 2.16 bits per heavy atom. The predicted molar refractivity (Wildman–Crippen MR) is 74.7 cm³/mol. The second kappa shape index (κ2) is 5.28. The Morgan fingerprint density at radius 1 is 1.32 bits per heavy atom. The van der Waals surface area contributed by atoms with Crippen molar-refractivity contribution in [1.29, 1.82) is 0 Å². The Hall–Kier alpha value is -1.43. The summed E-state index contributed by atoms with van der Waals surface area (Å²) in [6.45, 7) is 4.93. The Bertz CT molecular complexity index is 539. The van der Waals surface area contributed by atoms with Crippen LogP contribution in [0, 0.1) is 13.8 Å². The molecule has 0 atom stereocenters. The van der Waals surface area contributed by atoms with Gasteiger partial charge in [0.25, 0.3) is 0 Å². The smallest absolute Gasteiger partial charge is 0.315 e. The molecule has 1 aliphatic rings. The van der Waals surface area contributed by atoms with E-state index in [4.69, 9.17) is 4.42 Å². The number of anilines is 1. The molecule has 0 spiro atoms. The molecule has 0 amide bonds. The fourth-order valence-electron chi connectivity index (χ4n) is 2.05. The zero-order valence-electron chi connectivity index (χ0n) is 11.3. The average molecular weight is 278 g/mol. The van der Waals surface area contributed by atoms with Gasteiger partial charge in [-0.15, -0.1) is 16.4 Å². The van der Waals surface area contributed by atoms with Gasteiger partial charge in [0.1, 0.15) is 0 Å². The SMILES string of the molecule is Cc1nc(CCNc2nnc(C3CCC3)o2)sc1C. The highest BCUT2D eigenvalue weighted by Gasteiger charge is 2.25. The number of thiazole rings is 1. The van der Waals surface area contributed by atoms with E-state index in [-0.39, 0.29) is 0 Å². The van der Waals surface area contributed by atoms with Gasteiger partial charge < -0.3 is 9.73 Å². The maximum absolute atomic E-state index is 5.60. The van der Waals surface area contributed by atoms with E-state index in [2.05, 4.69) is 27.4 Å². The van der Waals surface area contributed by atoms with Gasteiger partial charge in [-0.1, -0.05) is 11.5 Å². The van der Waals surface area contributed by atoms with Gasteiger partial charge in [-0.25, -0.2) is 4.98 Å². The molecule has 3 rings (SSSR count). The highest BCUT2D eigenvalue weighted by atomic mass is 32.1. The molecule has 2 aromatic rings. The lowest BCUT2D eigenvalue weighted by Crippen LogP contribution is -2.08. The van der Waals surface area contributed by atoms with Gasteiger partial charge >= 0.3 is 6.01 Å². The number of hydrogen-bond donors (Lipinski definition) is 1. The first-order valence-corrected chi connectivity index (χ1v) is 7.54. The van der Waals surface area contributed by atoms with Crippen LogP contribution in [-0.2, 0) is 6.42 Å². The molecule has 0 bridgehead atoms. The fourth-order valence-corrected chi connectivity index (χ4v) is 2.98. The number of nitrogens with zero attached hydrogens (tertiary/aromatic N) is 3. The first-order valence-electron chi connectivity index (χ1n) is 6.72. The minimum Gasteiger partial charge on any atom is -0.408 e. The number of hydrogen-bond acceptors (Lipinski definition) is 6. The third-order valence-corrected chi connectivity index (χ3v) is 4.72. The summed E-state index contributed by atoms with van der Waals surface area (Å²) in [4.78, 5) is 5.80. The second-order valence-electron chi connectivity index (χ2n) is 5.00. The molecule has 0 radical (unpaired) electrons. The molecule has 19 heavy (non-hydrogen) atoms. The maximum atomic E-state index is 5.60. The summed E-state index contributed by atoms with van der Waals surface area (Å²) in [5.41, 5.74) is 1.13. The second-order valence-corrected chi connectivity index (χ2v) is 6.29. The van der Waals surface area contributed by atoms with Crippen molar-refractivity contribution in [2.75, 3.05) is 11.9 Å². The van der Waals surface area contributed by atoms with Crippen molar-refractivity contribution in [3.8, 4) is 0 Å². The maximum Gasteiger partial charge on any atom is 0.315 e. The Morgan fingerprint density at radius 3 is 2.79 bits per heavy atom. The minimum atomic E-state index is 0.493. The van der Waals surface area contributed by atoms with E-state index in [1.807, 2.05) is 6.92 Å². The predicted octanol–water partition coefficient (Wildman–Crippen LogP) is 3.07. The van der Waals surface area contributed by atoms with Crippen LogP contribution in [0.5, 0.6) is 0 Å². The molecule has 1 aliphatic carbocycles. The van der Waals surface area contributed by atoms with Gasteiger partial charge in [-0.05, 0) is 26.7 Å². The lowest BCUT2D eigenvalue weighted by Gasteiger charge is -2.20. The van der Waals surface area contributed by atoms with Crippen LogP contribution in [0.15, 0.2) is 4.42 Å². The van der Waals surface area contributed by atoms with Crippen molar-refractivity contribution >= 4 is 17.4 Å². The van der Waals surface area contributed by atoms with Crippen LogP contribution in [0.3, 0.4) is 0 Å². The molecule has 2 heterocycles. The van der Waals surface area contributed by atoms with Crippen LogP contribution in [0.4, 0.5) is 6.01 Å². The zero-order chi connectivity index (χ0) is 13.2. The molecule has 0 aliphatic heterocycles. The average Bonchev–Trinajstić information content (AvgIpc) is 2.86. The summed E-state index contributed by atoms with van der Waals surface area (Å²) < 4.78 is 5.60. The van der Waals surface area contributed by atoms with E-state index in [9.17, 15) is 0 Å². The third-order valence-electron chi connectivity index (χ3n) is 3.58. The van der Waals surface area contributed by atoms with Crippen LogP contribution in [-0.4, -0.2) is 21.7 Å². The summed E-state index contributed by atoms with van der Waals surface area (Å²) in [6, 6.07) is 0.534. The van der Waals surface area contributed by atoms with Crippen LogP contribution >= 0.6 is 11.3 Å². The van der Waals surface area contributed by atoms with Crippen LogP contribution in [0.2, 0.25) is 0 Å². The lowest BCUT2D eigenvalue weighted by atomic mass is 9.85. The summed E-state index contributed by atoms with van der Waals surface area (Å²) in [5.74, 6) is 1.28. The summed E-state index contributed by atoms with van der Waals surface area (Å²) in [7, 11) is 0. The monoisotopic (exact) mass is 278 g/mol. The summed E-state index contributed by atoms with van der Waals surface area (Å²) in [6.07, 6.45) is 4.53. The van der Waals surface area contributed by atoms with Crippen molar-refractivity contribution in [3.05, 3.63) is 21.5 Å². The van der Waals surface area contributed by atoms with Gasteiger partial charge in [0.15, 0.2) is 0 Å². The molecule has 102 valence electrons. The molecule has 0 unspecified atom stereocenters. The van der Waals surface area contributed by atoms with Crippen LogP contribution in [0.25, 0.3) is 0 Å². The topological polar surface area (TPSA) is 63.8 Å². The van der Waals surface area contributed by atoms with E-state index in [1.165, 1.54) is 24.1 Å². The number of rotatable bonds is 5. The Balaban J connectivity index is 1.50. The molecule has 0 aromatic carbocycles. The molecule has 5 nitrogen and oxygen atoms in total. The highest BCUT2D eigenvalue weighted by Crippen LogP contribution is 2.35. The van der Waals surface area contributed by atoms with E-state index in [1.54, 1.807) is 11.3 Å². The first kappa shape index (κ1) is 12.6. The molecule has 2 aromatic heterocycles. The van der Waals surface area contributed by atoms with Gasteiger partial charge in [0, 0.05) is 23.8 Å². The van der Waals surface area contributed by atoms with Gasteiger partial charge in [-0.3, -0.25) is 0 Å². The highest BCUT2D eigenvalue weighted by molar-refractivity contribution is 7.11. The first-order chi connectivity index (χ1) is 9.22. The Labute approximate surface area is 116 Å². The Kier molecular flexibility index (Phi) is 3.50. The van der Waals surface area contributed by atoms with Crippen molar-refractivity contribution in [3.63, 3.8) is 0 Å². The van der Waals surface area contributed by atoms with Gasteiger partial charge in [-0.2, -0.15) is 0 Å². The van der Waals surface area contributed by atoms with Crippen LogP contribution in [0.1, 0.15) is 46.6 Å². The van der Waals surface area contributed by atoms with E-state index in [0.29, 0.717) is 11.9 Å². The van der Waals surface area contributed by atoms with Gasteiger partial charge in [0.2, 0.25) is 5.89 Å². The lowest BCUT2D eigenvalue weighted by molar-refractivity contribution is 0.338. The summed E-state index contributed by atoms with van der Waals surface area (Å²) in [5, 5.41) is 12.4. The van der Waals surface area contributed by atoms with E-state index in [0.717, 1.165) is 29.6 Å². The zero-order valence-corrected chi connectivity index (χ0v) is 12.1. The number of nitrogens with one attached hydrogen (secondary N) is 1. The molecule has 0 saturated heterocycles. The summed E-state index contributed by atoms with van der Waals surface area (Å²) >= 11 is 1.75. The number of aromatic nitrogens is 3. The minimum absolute atomic E-state index is 0.493. The van der Waals surface area contributed by atoms with E-state index < -0.39 is 0 Å². The molecular formula is C13H18N4OS. The van der Waals surface area contributed by atoms with Crippen molar-refractivity contribution in [2.45, 2.75) is 45.4 Å². The van der Waals surface area contributed by atoms with Gasteiger partial charge in [0.05, 0.1) is 10.7 Å². The normalized spacial score (nSPS) is 15.5.